The van der Waals surface area contributed by atoms with Crippen molar-refractivity contribution in [3.05, 3.63) is 35.5 Å². The number of hydrogen-bond donors (Lipinski definition) is 0. The van der Waals surface area contributed by atoms with Gasteiger partial charge in [0.2, 0.25) is 0 Å². The van der Waals surface area contributed by atoms with E-state index in [1.807, 2.05) is 36.7 Å². The molecule has 2 aromatic rings. The van der Waals surface area contributed by atoms with Gasteiger partial charge in [-0.1, -0.05) is 18.2 Å². The van der Waals surface area contributed by atoms with E-state index in [-0.39, 0.29) is 5.78 Å². The Kier molecular flexibility index (Phi) is 1.92. The second-order valence-electron chi connectivity index (χ2n) is 3.61. The number of para-hydroxylation sites is 1. The average molecular weight is 187 g/mol. The minimum atomic E-state index is 0.126. The number of fused-ring (bicyclic) bond motifs is 1. The van der Waals surface area contributed by atoms with E-state index in [9.17, 15) is 4.79 Å². The number of Topliss-reactive ketones (excluding diaryl/α,β-unsaturated/α-hetero) is 1. The number of hydrogen-bond acceptors (Lipinski definition) is 1. The highest BCUT2D eigenvalue weighted by molar-refractivity contribution is 6.01. The van der Waals surface area contributed by atoms with Crippen LogP contribution in [0.2, 0.25) is 0 Å². The summed E-state index contributed by atoms with van der Waals surface area (Å²) in [5.74, 6) is 0.126. The van der Waals surface area contributed by atoms with Crippen molar-refractivity contribution < 1.29 is 4.79 Å². The highest BCUT2D eigenvalue weighted by atomic mass is 16.1. The molecule has 1 aromatic carbocycles. The Morgan fingerprint density at radius 3 is 2.50 bits per heavy atom. The lowest BCUT2D eigenvalue weighted by atomic mass is 10.1. The average Bonchev–Trinajstić information content (AvgIpc) is 2.41. The standard InChI is InChI=1S/C12H13NO/c1-8-10-6-4-5-7-11(10)13(3)12(8)9(2)14/h4-7H,1-3H3. The third-order valence-corrected chi connectivity index (χ3v) is 2.69. The molecule has 2 nitrogen and oxygen atoms in total. The van der Waals surface area contributed by atoms with Crippen LogP contribution in [0.1, 0.15) is 23.0 Å². The molecule has 72 valence electrons. The predicted molar refractivity (Wildman–Crippen MR) is 57.7 cm³/mol. The summed E-state index contributed by atoms with van der Waals surface area (Å²) in [6.45, 7) is 3.61. The minimum Gasteiger partial charge on any atom is -0.341 e. The molecule has 0 saturated heterocycles. The smallest absolute Gasteiger partial charge is 0.176 e. The lowest BCUT2D eigenvalue weighted by molar-refractivity contribution is 0.101. The van der Waals surface area contributed by atoms with Crippen molar-refractivity contribution in [3.63, 3.8) is 0 Å². The fourth-order valence-corrected chi connectivity index (χ4v) is 2.08. The maximum Gasteiger partial charge on any atom is 0.176 e. The third-order valence-electron chi connectivity index (χ3n) is 2.69. The molecule has 0 saturated carbocycles. The quantitative estimate of drug-likeness (QED) is 0.629. The van der Waals surface area contributed by atoms with Crippen molar-refractivity contribution in [2.45, 2.75) is 13.8 Å². The Bertz CT molecular complexity index is 469. The number of carbonyl (C=O) groups is 1. The molecule has 2 rings (SSSR count). The summed E-state index contributed by atoms with van der Waals surface area (Å²) in [7, 11) is 1.94. The first-order valence-electron chi connectivity index (χ1n) is 4.68. The van der Waals surface area contributed by atoms with Gasteiger partial charge in [0, 0.05) is 24.9 Å². The lowest BCUT2D eigenvalue weighted by Crippen LogP contribution is -2.02. The predicted octanol–water partition coefficient (Wildman–Crippen LogP) is 2.69. The van der Waals surface area contributed by atoms with E-state index in [0.29, 0.717) is 0 Å². The van der Waals surface area contributed by atoms with Crippen LogP contribution in [0, 0.1) is 6.92 Å². The SMILES string of the molecule is CC(=O)c1c(C)c2ccccc2n1C. The number of nitrogens with zero attached hydrogens (tertiary/aromatic N) is 1. The molecule has 0 spiro atoms. The monoisotopic (exact) mass is 187 g/mol. The molecule has 0 bridgehead atoms. The van der Waals surface area contributed by atoms with Gasteiger partial charge in [-0.25, -0.2) is 0 Å². The van der Waals surface area contributed by atoms with E-state index in [1.54, 1.807) is 6.92 Å². The Balaban J connectivity index is 2.92. The van der Waals surface area contributed by atoms with Crippen LogP contribution in [0.15, 0.2) is 24.3 Å². The molecule has 2 heteroatoms. The van der Waals surface area contributed by atoms with Crippen molar-refractivity contribution in [2.24, 2.45) is 7.05 Å². The first-order valence-corrected chi connectivity index (χ1v) is 4.68. The summed E-state index contributed by atoms with van der Waals surface area (Å²) in [4.78, 5) is 11.4. The summed E-state index contributed by atoms with van der Waals surface area (Å²) in [5, 5.41) is 1.17. The topological polar surface area (TPSA) is 22.0 Å². The van der Waals surface area contributed by atoms with Gasteiger partial charge in [0.25, 0.3) is 0 Å². The molecule has 0 aliphatic rings. The molecule has 14 heavy (non-hydrogen) atoms. The van der Waals surface area contributed by atoms with Gasteiger partial charge in [0.1, 0.15) is 0 Å². The molecule has 0 fully saturated rings. The maximum atomic E-state index is 11.4. The first-order chi connectivity index (χ1) is 6.63. The van der Waals surface area contributed by atoms with Gasteiger partial charge in [-0.05, 0) is 18.6 Å². The normalized spacial score (nSPS) is 10.8. The molecule has 0 amide bonds. The van der Waals surface area contributed by atoms with Gasteiger partial charge in [0.05, 0.1) is 5.69 Å². The molecular formula is C12H13NO. The maximum absolute atomic E-state index is 11.4. The molecule has 0 aliphatic carbocycles. The zero-order valence-electron chi connectivity index (χ0n) is 8.66. The zero-order chi connectivity index (χ0) is 10.3. The highest BCUT2D eigenvalue weighted by Gasteiger charge is 2.13. The van der Waals surface area contributed by atoms with Crippen LogP contribution < -0.4 is 0 Å². The van der Waals surface area contributed by atoms with Crippen LogP contribution in [-0.4, -0.2) is 10.4 Å². The lowest BCUT2D eigenvalue weighted by Gasteiger charge is -1.99. The second-order valence-corrected chi connectivity index (χ2v) is 3.61. The van der Waals surface area contributed by atoms with Gasteiger partial charge in [0.15, 0.2) is 5.78 Å². The number of aryl methyl sites for hydroxylation is 2. The van der Waals surface area contributed by atoms with Gasteiger partial charge >= 0.3 is 0 Å². The molecule has 1 aromatic heterocycles. The van der Waals surface area contributed by atoms with Crippen LogP contribution in [0.4, 0.5) is 0 Å². The number of rotatable bonds is 1. The molecule has 0 aliphatic heterocycles. The highest BCUT2D eigenvalue weighted by Crippen LogP contribution is 2.24. The van der Waals surface area contributed by atoms with Crippen molar-refractivity contribution in [3.8, 4) is 0 Å². The van der Waals surface area contributed by atoms with E-state index >= 15 is 0 Å². The van der Waals surface area contributed by atoms with Crippen molar-refractivity contribution >= 4 is 16.7 Å². The Hall–Kier alpha value is -1.57. The molecule has 0 unspecified atom stereocenters. The largest absolute Gasteiger partial charge is 0.341 e. The van der Waals surface area contributed by atoms with Crippen LogP contribution >= 0.6 is 0 Å². The fourth-order valence-electron chi connectivity index (χ4n) is 2.08. The van der Waals surface area contributed by atoms with Crippen LogP contribution in [0.25, 0.3) is 10.9 Å². The third kappa shape index (κ3) is 1.07. The molecule has 0 atom stereocenters. The van der Waals surface area contributed by atoms with Gasteiger partial charge in [-0.15, -0.1) is 0 Å². The summed E-state index contributed by atoms with van der Waals surface area (Å²) in [6, 6.07) is 8.08. The van der Waals surface area contributed by atoms with Crippen molar-refractivity contribution in [1.82, 2.24) is 4.57 Å². The van der Waals surface area contributed by atoms with Gasteiger partial charge < -0.3 is 4.57 Å². The zero-order valence-corrected chi connectivity index (χ0v) is 8.66. The second kappa shape index (κ2) is 2.98. The Labute approximate surface area is 83.2 Å². The summed E-state index contributed by atoms with van der Waals surface area (Å²) >= 11 is 0. The first kappa shape index (κ1) is 9.00. The molecule has 0 radical (unpaired) electrons. The van der Waals surface area contributed by atoms with E-state index in [1.165, 1.54) is 5.39 Å². The van der Waals surface area contributed by atoms with Crippen LogP contribution in [0.3, 0.4) is 0 Å². The number of carbonyl (C=O) groups excluding carboxylic acids is 1. The van der Waals surface area contributed by atoms with Crippen LogP contribution in [0.5, 0.6) is 0 Å². The van der Waals surface area contributed by atoms with E-state index in [0.717, 1.165) is 16.8 Å². The molecule has 1 heterocycles. The summed E-state index contributed by atoms with van der Waals surface area (Å²) < 4.78 is 1.97. The number of aromatic nitrogens is 1. The number of ketones is 1. The van der Waals surface area contributed by atoms with Crippen LogP contribution in [-0.2, 0) is 7.05 Å². The van der Waals surface area contributed by atoms with E-state index < -0.39 is 0 Å². The van der Waals surface area contributed by atoms with E-state index in [2.05, 4.69) is 6.07 Å². The molecule has 0 N–H and O–H groups in total. The van der Waals surface area contributed by atoms with Crippen molar-refractivity contribution in [2.75, 3.05) is 0 Å². The number of benzene rings is 1. The Morgan fingerprint density at radius 2 is 1.93 bits per heavy atom. The van der Waals surface area contributed by atoms with Crippen molar-refractivity contribution in [1.29, 1.82) is 0 Å². The summed E-state index contributed by atoms with van der Waals surface area (Å²) in [5.41, 5.74) is 3.01. The van der Waals surface area contributed by atoms with Gasteiger partial charge in [-0.2, -0.15) is 0 Å². The van der Waals surface area contributed by atoms with E-state index in [4.69, 9.17) is 0 Å². The molecular weight excluding hydrogens is 174 g/mol. The minimum absolute atomic E-state index is 0.126. The summed E-state index contributed by atoms with van der Waals surface area (Å²) in [6.07, 6.45) is 0. The van der Waals surface area contributed by atoms with Gasteiger partial charge in [-0.3, -0.25) is 4.79 Å². The fraction of sp³-hybridized carbons (Fsp3) is 0.250. The Morgan fingerprint density at radius 1 is 1.29 bits per heavy atom.